The van der Waals surface area contributed by atoms with Gasteiger partial charge in [-0.3, -0.25) is 19.4 Å². The normalized spacial score (nSPS) is 13.1. The van der Waals surface area contributed by atoms with Gasteiger partial charge in [-0.1, -0.05) is 18.2 Å². The van der Waals surface area contributed by atoms with Crippen LogP contribution < -0.4 is 5.32 Å². The minimum absolute atomic E-state index is 0.0201. The molecule has 2 aromatic heterocycles. The number of amides is 1. The average Bonchev–Trinajstić information content (AvgIpc) is 3.16. The number of rotatable bonds is 2. The molecule has 28 heavy (non-hydrogen) atoms. The van der Waals surface area contributed by atoms with Gasteiger partial charge in [0.15, 0.2) is 5.78 Å². The Hall–Kier alpha value is -3.75. The molecule has 140 valence electrons. The third-order valence-corrected chi connectivity index (χ3v) is 4.33. The number of anilines is 1. The Labute approximate surface area is 155 Å². The van der Waals surface area contributed by atoms with Crippen molar-refractivity contribution in [1.82, 2.24) is 9.97 Å². The molecule has 9 heteroatoms. The van der Waals surface area contributed by atoms with Gasteiger partial charge in [-0.15, -0.1) is 0 Å². The first kappa shape index (κ1) is 17.7. The molecule has 1 aromatic carbocycles. The van der Waals surface area contributed by atoms with Crippen LogP contribution in [0.4, 0.5) is 18.9 Å². The van der Waals surface area contributed by atoms with Crippen molar-refractivity contribution in [3.8, 4) is 11.1 Å². The Morgan fingerprint density at radius 2 is 1.71 bits per heavy atom. The van der Waals surface area contributed by atoms with E-state index in [0.717, 1.165) is 0 Å². The van der Waals surface area contributed by atoms with Gasteiger partial charge in [0.2, 0.25) is 5.78 Å². The van der Waals surface area contributed by atoms with E-state index in [9.17, 15) is 27.6 Å². The smallest absolute Gasteiger partial charge is 0.358 e. The van der Waals surface area contributed by atoms with Crippen LogP contribution in [0.2, 0.25) is 0 Å². The van der Waals surface area contributed by atoms with Crippen LogP contribution >= 0.6 is 0 Å². The zero-order valence-corrected chi connectivity index (χ0v) is 13.9. The van der Waals surface area contributed by atoms with Crippen molar-refractivity contribution in [2.45, 2.75) is 6.18 Å². The zero-order chi connectivity index (χ0) is 20.1. The number of H-pyrrole nitrogens is 1. The second kappa shape index (κ2) is 6.15. The van der Waals surface area contributed by atoms with Gasteiger partial charge in [-0.25, -0.2) is 0 Å². The van der Waals surface area contributed by atoms with Crippen molar-refractivity contribution >= 4 is 23.2 Å². The summed E-state index contributed by atoms with van der Waals surface area (Å²) in [5, 5.41) is 1.81. The topological polar surface area (TPSA) is 91.9 Å². The lowest BCUT2D eigenvalue weighted by molar-refractivity contribution is -0.167. The molecule has 0 atom stereocenters. The number of para-hydroxylation sites is 1. The van der Waals surface area contributed by atoms with E-state index in [2.05, 4.69) is 9.97 Å². The monoisotopic (exact) mass is 385 g/mol. The largest absolute Gasteiger partial charge is 0.471 e. The van der Waals surface area contributed by atoms with Gasteiger partial charge < -0.3 is 10.3 Å². The third-order valence-electron chi connectivity index (χ3n) is 4.33. The summed E-state index contributed by atoms with van der Waals surface area (Å²) in [5.74, 6) is -3.11. The first-order valence-corrected chi connectivity index (χ1v) is 8.02. The number of nitrogens with zero attached hydrogens (tertiary/aromatic N) is 1. The molecule has 1 aliphatic rings. The fourth-order valence-corrected chi connectivity index (χ4v) is 3.11. The van der Waals surface area contributed by atoms with E-state index >= 15 is 0 Å². The number of aromatic nitrogens is 2. The Morgan fingerprint density at radius 1 is 0.964 bits per heavy atom. The highest BCUT2D eigenvalue weighted by Gasteiger charge is 2.39. The maximum atomic E-state index is 12.9. The highest BCUT2D eigenvalue weighted by Crippen LogP contribution is 2.36. The minimum Gasteiger partial charge on any atom is -0.358 e. The lowest BCUT2D eigenvalue weighted by atomic mass is 9.86. The van der Waals surface area contributed by atoms with Crippen LogP contribution in [0.3, 0.4) is 0 Å². The van der Waals surface area contributed by atoms with E-state index in [1.165, 1.54) is 42.7 Å². The molecule has 0 radical (unpaired) electrons. The average molecular weight is 385 g/mol. The van der Waals surface area contributed by atoms with Crippen LogP contribution in [0.1, 0.15) is 32.1 Å². The number of hydrogen-bond acceptors (Lipinski definition) is 4. The SMILES string of the molecule is O=C1c2nccc(-c3ccccc3NC(=O)C(F)(F)F)c2C(=O)c2cc[nH]c21. The standard InChI is InChI=1S/C19H10F3N3O3/c20-19(21,22)18(28)25-12-4-2-1-3-9(12)10-5-7-24-15-13(10)16(26)11-6-8-23-14(11)17(15)27/h1-8,23H,(H,25,28). The van der Waals surface area contributed by atoms with Crippen molar-refractivity contribution in [1.29, 1.82) is 0 Å². The molecule has 0 unspecified atom stereocenters. The predicted octanol–water partition coefficient (Wildman–Crippen LogP) is 3.35. The molecule has 2 heterocycles. The van der Waals surface area contributed by atoms with E-state index in [1.54, 1.807) is 6.07 Å². The number of pyridine rings is 1. The van der Waals surface area contributed by atoms with Crippen LogP contribution in [0.5, 0.6) is 0 Å². The molecule has 0 fully saturated rings. The van der Waals surface area contributed by atoms with Crippen LogP contribution in [0.15, 0.2) is 48.8 Å². The van der Waals surface area contributed by atoms with Crippen molar-refractivity contribution in [3.05, 3.63) is 71.3 Å². The van der Waals surface area contributed by atoms with Crippen molar-refractivity contribution in [3.63, 3.8) is 0 Å². The number of hydrogen-bond donors (Lipinski definition) is 2. The second-order valence-corrected chi connectivity index (χ2v) is 6.00. The zero-order valence-electron chi connectivity index (χ0n) is 13.9. The first-order valence-electron chi connectivity index (χ1n) is 8.02. The van der Waals surface area contributed by atoms with Gasteiger partial charge >= 0.3 is 12.1 Å². The molecule has 0 bridgehead atoms. The quantitative estimate of drug-likeness (QED) is 0.554. The van der Waals surface area contributed by atoms with E-state index in [4.69, 9.17) is 0 Å². The summed E-state index contributed by atoms with van der Waals surface area (Å²) in [6, 6.07) is 8.59. The molecule has 1 amide bonds. The Morgan fingerprint density at radius 3 is 2.46 bits per heavy atom. The van der Waals surface area contributed by atoms with E-state index in [-0.39, 0.29) is 39.3 Å². The Bertz CT molecular complexity index is 1150. The summed E-state index contributed by atoms with van der Waals surface area (Å²) in [7, 11) is 0. The van der Waals surface area contributed by atoms with Crippen LogP contribution in [0.25, 0.3) is 11.1 Å². The number of benzene rings is 1. The van der Waals surface area contributed by atoms with Crippen molar-refractivity contribution in [2.75, 3.05) is 5.32 Å². The van der Waals surface area contributed by atoms with Gasteiger partial charge in [0.05, 0.1) is 16.8 Å². The van der Waals surface area contributed by atoms with Gasteiger partial charge in [0.1, 0.15) is 5.69 Å². The molecule has 0 saturated heterocycles. The van der Waals surface area contributed by atoms with Crippen LogP contribution in [-0.4, -0.2) is 33.6 Å². The molecule has 2 N–H and O–H groups in total. The molecular weight excluding hydrogens is 375 g/mol. The summed E-state index contributed by atoms with van der Waals surface area (Å²) in [6.45, 7) is 0. The van der Waals surface area contributed by atoms with E-state index < -0.39 is 23.6 Å². The maximum Gasteiger partial charge on any atom is 0.471 e. The molecular formula is C19H10F3N3O3. The number of halogens is 3. The van der Waals surface area contributed by atoms with Gasteiger partial charge in [0.25, 0.3) is 0 Å². The van der Waals surface area contributed by atoms with Gasteiger partial charge in [0, 0.05) is 23.6 Å². The molecule has 0 spiro atoms. The van der Waals surface area contributed by atoms with Gasteiger partial charge in [-0.2, -0.15) is 13.2 Å². The van der Waals surface area contributed by atoms with Crippen LogP contribution in [-0.2, 0) is 4.79 Å². The highest BCUT2D eigenvalue weighted by atomic mass is 19.4. The number of ketones is 2. The molecule has 4 rings (SSSR count). The van der Waals surface area contributed by atoms with Crippen molar-refractivity contribution < 1.29 is 27.6 Å². The number of carbonyl (C=O) groups excluding carboxylic acids is 3. The number of aromatic amines is 1. The first-order chi connectivity index (χ1) is 13.3. The Kier molecular flexibility index (Phi) is 3.88. The molecule has 0 saturated carbocycles. The number of alkyl halides is 3. The third kappa shape index (κ3) is 2.68. The summed E-state index contributed by atoms with van der Waals surface area (Å²) in [4.78, 5) is 43.6. The second-order valence-electron chi connectivity index (χ2n) is 6.00. The predicted molar refractivity (Wildman–Crippen MR) is 92.0 cm³/mol. The maximum absolute atomic E-state index is 12.9. The summed E-state index contributed by atoms with van der Waals surface area (Å²) in [6.07, 6.45) is -2.34. The van der Waals surface area contributed by atoms with Crippen LogP contribution in [0, 0.1) is 0 Å². The van der Waals surface area contributed by atoms with Crippen molar-refractivity contribution in [2.24, 2.45) is 0 Å². The van der Waals surface area contributed by atoms with Gasteiger partial charge in [-0.05, 0) is 23.8 Å². The molecule has 1 aliphatic carbocycles. The minimum atomic E-state index is -5.07. The molecule has 0 aliphatic heterocycles. The number of carbonyl (C=O) groups is 3. The number of fused-ring (bicyclic) bond motifs is 2. The summed E-state index contributed by atoms with van der Waals surface area (Å²) >= 11 is 0. The summed E-state index contributed by atoms with van der Waals surface area (Å²) in [5.41, 5.74) is 0.373. The fourth-order valence-electron chi connectivity index (χ4n) is 3.11. The molecule has 3 aromatic rings. The van der Waals surface area contributed by atoms with E-state index in [1.807, 2.05) is 5.32 Å². The lowest BCUT2D eigenvalue weighted by Gasteiger charge is -2.19. The fraction of sp³-hybridized carbons (Fsp3) is 0.0526. The highest BCUT2D eigenvalue weighted by molar-refractivity contribution is 6.29. The Balaban J connectivity index is 1.88. The van der Waals surface area contributed by atoms with E-state index in [0.29, 0.717) is 0 Å². The summed E-state index contributed by atoms with van der Waals surface area (Å²) < 4.78 is 38.0. The number of nitrogens with one attached hydrogen (secondary N) is 2. The molecule has 6 nitrogen and oxygen atoms in total. The lowest BCUT2D eigenvalue weighted by Crippen LogP contribution is -2.30.